The molecule has 0 spiro atoms. The first-order valence-corrected chi connectivity index (χ1v) is 7.67. The summed E-state index contributed by atoms with van der Waals surface area (Å²) in [5.74, 6) is 0. The third-order valence-corrected chi connectivity index (χ3v) is 4.47. The predicted molar refractivity (Wildman–Crippen MR) is 85.5 cm³/mol. The minimum absolute atomic E-state index is 0.143. The maximum absolute atomic E-state index is 6.60. The summed E-state index contributed by atoms with van der Waals surface area (Å²) in [7, 11) is 0. The number of aryl methyl sites for hydroxylation is 2. The average molecular weight is 389 g/mol. The van der Waals surface area contributed by atoms with Gasteiger partial charge in [0, 0.05) is 8.95 Å². The Hall–Kier alpha value is -0.310. The van der Waals surface area contributed by atoms with E-state index in [1.807, 2.05) is 12.1 Å². The number of rotatable bonds is 2. The van der Waals surface area contributed by atoms with Crippen molar-refractivity contribution in [3.8, 4) is 0 Å². The largest absolute Gasteiger partial charge is 0.113 e. The van der Waals surface area contributed by atoms with Crippen LogP contribution in [0.2, 0.25) is 0 Å². The van der Waals surface area contributed by atoms with Crippen molar-refractivity contribution < 1.29 is 0 Å². The molecule has 2 aromatic rings. The van der Waals surface area contributed by atoms with Gasteiger partial charge in [-0.25, -0.2) is 0 Å². The van der Waals surface area contributed by atoms with Crippen molar-refractivity contribution in [1.29, 1.82) is 0 Å². The molecule has 18 heavy (non-hydrogen) atoms. The fourth-order valence-electron chi connectivity index (χ4n) is 2.04. The van der Waals surface area contributed by atoms with E-state index in [0.717, 1.165) is 20.1 Å². The zero-order valence-electron chi connectivity index (χ0n) is 10.2. The van der Waals surface area contributed by atoms with Crippen LogP contribution in [0.1, 0.15) is 27.6 Å². The molecule has 0 aliphatic rings. The third kappa shape index (κ3) is 3.17. The van der Waals surface area contributed by atoms with Crippen molar-refractivity contribution in [2.24, 2.45) is 0 Å². The summed E-state index contributed by atoms with van der Waals surface area (Å²) in [6.45, 7) is 4.19. The summed E-state index contributed by atoms with van der Waals surface area (Å²) < 4.78 is 2.07. The van der Waals surface area contributed by atoms with Crippen molar-refractivity contribution in [3.05, 3.63) is 67.6 Å². The Morgan fingerprint density at radius 1 is 0.944 bits per heavy atom. The van der Waals surface area contributed by atoms with Crippen LogP contribution in [0.25, 0.3) is 0 Å². The lowest BCUT2D eigenvalue weighted by Gasteiger charge is -2.14. The van der Waals surface area contributed by atoms with E-state index in [0.29, 0.717) is 0 Å². The fourth-order valence-corrected chi connectivity index (χ4v) is 3.34. The predicted octanol–water partition coefficient (Wildman–Crippen LogP) is 6.16. The molecule has 1 unspecified atom stereocenters. The molecule has 0 bridgehead atoms. The monoisotopic (exact) mass is 386 g/mol. The molecule has 0 aromatic heterocycles. The number of benzene rings is 2. The van der Waals surface area contributed by atoms with Gasteiger partial charge in [0.2, 0.25) is 0 Å². The standard InChI is InChI=1S/C15H13Br2Cl/c1-9-5-10(2)7-11(6-9)15(18)13-8-12(16)3-4-14(13)17/h3-8,15H,1-2H3. The normalized spacial score (nSPS) is 12.5. The van der Waals surface area contributed by atoms with E-state index in [4.69, 9.17) is 11.6 Å². The molecular weight excluding hydrogens is 375 g/mol. The Bertz CT molecular complexity index is 558. The van der Waals surface area contributed by atoms with Gasteiger partial charge in [-0.15, -0.1) is 11.6 Å². The minimum atomic E-state index is -0.143. The van der Waals surface area contributed by atoms with Gasteiger partial charge < -0.3 is 0 Å². The molecule has 0 fully saturated rings. The van der Waals surface area contributed by atoms with Crippen molar-refractivity contribution in [2.75, 3.05) is 0 Å². The second kappa shape index (κ2) is 5.77. The second-order valence-corrected chi connectivity index (χ2v) is 6.66. The first-order valence-electron chi connectivity index (χ1n) is 5.64. The summed E-state index contributed by atoms with van der Waals surface area (Å²) in [6, 6.07) is 12.5. The molecule has 0 aliphatic heterocycles. The zero-order valence-corrected chi connectivity index (χ0v) is 14.1. The van der Waals surface area contributed by atoms with Crippen LogP contribution >= 0.6 is 43.5 Å². The molecule has 3 heteroatoms. The summed E-state index contributed by atoms with van der Waals surface area (Å²) in [6.07, 6.45) is 0. The molecule has 0 heterocycles. The molecule has 0 N–H and O–H groups in total. The van der Waals surface area contributed by atoms with Crippen LogP contribution in [0.5, 0.6) is 0 Å². The van der Waals surface area contributed by atoms with E-state index in [9.17, 15) is 0 Å². The lowest BCUT2D eigenvalue weighted by Crippen LogP contribution is -1.96. The summed E-state index contributed by atoms with van der Waals surface area (Å²) in [4.78, 5) is 0. The highest BCUT2D eigenvalue weighted by molar-refractivity contribution is 9.11. The Morgan fingerprint density at radius 3 is 2.17 bits per heavy atom. The smallest absolute Gasteiger partial charge is 0.0846 e. The minimum Gasteiger partial charge on any atom is -0.113 e. The second-order valence-electron chi connectivity index (χ2n) is 4.45. The van der Waals surface area contributed by atoms with Crippen LogP contribution in [-0.4, -0.2) is 0 Å². The van der Waals surface area contributed by atoms with Crippen LogP contribution < -0.4 is 0 Å². The van der Waals surface area contributed by atoms with E-state index in [1.165, 1.54) is 11.1 Å². The highest BCUT2D eigenvalue weighted by atomic mass is 79.9. The lowest BCUT2D eigenvalue weighted by molar-refractivity contribution is 1.11. The summed E-state index contributed by atoms with van der Waals surface area (Å²) >= 11 is 13.6. The van der Waals surface area contributed by atoms with E-state index < -0.39 is 0 Å². The first-order chi connectivity index (χ1) is 8.47. The Balaban J connectivity index is 2.47. The third-order valence-electron chi connectivity index (χ3n) is 2.77. The van der Waals surface area contributed by atoms with Crippen LogP contribution in [0, 0.1) is 13.8 Å². The molecular formula is C15H13Br2Cl. The van der Waals surface area contributed by atoms with Gasteiger partial charge in [-0.05, 0) is 43.2 Å². The molecule has 0 saturated heterocycles. The van der Waals surface area contributed by atoms with E-state index >= 15 is 0 Å². The van der Waals surface area contributed by atoms with Gasteiger partial charge >= 0.3 is 0 Å². The molecule has 2 rings (SSSR count). The van der Waals surface area contributed by atoms with Gasteiger partial charge in [0.1, 0.15) is 0 Å². The van der Waals surface area contributed by atoms with E-state index in [-0.39, 0.29) is 5.38 Å². The van der Waals surface area contributed by atoms with Crippen molar-refractivity contribution in [3.63, 3.8) is 0 Å². The fraction of sp³-hybridized carbons (Fsp3) is 0.200. The Morgan fingerprint density at radius 2 is 1.56 bits per heavy atom. The molecule has 94 valence electrons. The van der Waals surface area contributed by atoms with Crippen molar-refractivity contribution in [1.82, 2.24) is 0 Å². The topological polar surface area (TPSA) is 0 Å². The molecule has 0 amide bonds. The van der Waals surface area contributed by atoms with Crippen LogP contribution in [0.3, 0.4) is 0 Å². The van der Waals surface area contributed by atoms with Gasteiger partial charge in [0.15, 0.2) is 0 Å². The highest BCUT2D eigenvalue weighted by Crippen LogP contribution is 2.36. The number of hydrogen-bond acceptors (Lipinski definition) is 0. The molecule has 1 atom stereocenters. The van der Waals surface area contributed by atoms with Crippen LogP contribution in [0.15, 0.2) is 45.3 Å². The van der Waals surface area contributed by atoms with Crippen molar-refractivity contribution in [2.45, 2.75) is 19.2 Å². The van der Waals surface area contributed by atoms with Crippen molar-refractivity contribution >= 4 is 43.5 Å². The zero-order chi connectivity index (χ0) is 13.3. The Labute approximate surface area is 130 Å². The Kier molecular flexibility index (Phi) is 4.52. The van der Waals surface area contributed by atoms with Crippen LogP contribution in [-0.2, 0) is 0 Å². The van der Waals surface area contributed by atoms with Gasteiger partial charge in [-0.2, -0.15) is 0 Å². The number of hydrogen-bond donors (Lipinski definition) is 0. The van der Waals surface area contributed by atoms with Gasteiger partial charge in [0.05, 0.1) is 5.38 Å². The van der Waals surface area contributed by atoms with Crippen LogP contribution in [0.4, 0.5) is 0 Å². The molecule has 0 radical (unpaired) electrons. The van der Waals surface area contributed by atoms with E-state index in [1.54, 1.807) is 0 Å². The summed E-state index contributed by atoms with van der Waals surface area (Å²) in [5.41, 5.74) is 4.69. The lowest BCUT2D eigenvalue weighted by atomic mass is 10.0. The number of halogens is 3. The molecule has 0 aliphatic carbocycles. The molecule has 0 nitrogen and oxygen atoms in total. The molecule has 0 saturated carbocycles. The van der Waals surface area contributed by atoms with E-state index in [2.05, 4.69) is 70.0 Å². The maximum Gasteiger partial charge on any atom is 0.0846 e. The highest BCUT2D eigenvalue weighted by Gasteiger charge is 2.15. The quantitative estimate of drug-likeness (QED) is 0.541. The van der Waals surface area contributed by atoms with Gasteiger partial charge in [0.25, 0.3) is 0 Å². The SMILES string of the molecule is Cc1cc(C)cc(C(Cl)c2cc(Br)ccc2Br)c1. The maximum atomic E-state index is 6.60. The average Bonchev–Trinajstić information content (AvgIpc) is 2.30. The summed E-state index contributed by atoms with van der Waals surface area (Å²) in [5, 5.41) is -0.143. The molecule has 2 aromatic carbocycles. The first kappa shape index (κ1) is 14.1. The number of alkyl halides is 1. The van der Waals surface area contributed by atoms with Gasteiger partial charge in [-0.3, -0.25) is 0 Å². The van der Waals surface area contributed by atoms with Gasteiger partial charge in [-0.1, -0.05) is 61.2 Å².